The van der Waals surface area contributed by atoms with Crippen molar-refractivity contribution in [2.24, 2.45) is 0 Å². The lowest BCUT2D eigenvalue weighted by atomic mass is 9.83. The molecule has 2 heterocycles. The normalized spacial score (nSPS) is 17.9. The molecule has 0 aromatic heterocycles. The zero-order valence-corrected chi connectivity index (χ0v) is 20.6. The maximum absolute atomic E-state index is 12.8. The number of aryl methyl sites for hydroxylation is 2. The van der Waals surface area contributed by atoms with Crippen molar-refractivity contribution in [2.45, 2.75) is 71.4 Å². The van der Waals surface area contributed by atoms with E-state index >= 15 is 0 Å². The van der Waals surface area contributed by atoms with Gasteiger partial charge in [0.15, 0.2) is 0 Å². The van der Waals surface area contributed by atoms with Crippen LogP contribution in [-0.4, -0.2) is 40.2 Å². The van der Waals surface area contributed by atoms with E-state index in [2.05, 4.69) is 26.1 Å². The maximum Gasteiger partial charge on any atom is 0.255 e. The van der Waals surface area contributed by atoms with Gasteiger partial charge in [0, 0.05) is 30.5 Å². The van der Waals surface area contributed by atoms with Crippen LogP contribution in [-0.2, 0) is 32.8 Å². The first-order valence-corrected chi connectivity index (χ1v) is 11.9. The van der Waals surface area contributed by atoms with Gasteiger partial charge in [0.05, 0.1) is 0 Å². The van der Waals surface area contributed by atoms with Crippen LogP contribution < -0.4 is 5.32 Å². The molecule has 2 aliphatic heterocycles. The van der Waals surface area contributed by atoms with Gasteiger partial charge in [-0.2, -0.15) is 0 Å². The number of amides is 3. The highest BCUT2D eigenvalue weighted by Crippen LogP contribution is 2.29. The van der Waals surface area contributed by atoms with Gasteiger partial charge in [0.1, 0.15) is 6.04 Å². The van der Waals surface area contributed by atoms with Crippen LogP contribution in [0.25, 0.3) is 0 Å². The summed E-state index contributed by atoms with van der Waals surface area (Å²) < 4.78 is 0. The SMILES string of the molecule is Cc1cc(C(=O)C(=O)CCc2ccc3c(c2)CN(C2CCC(=O)NC2=O)C3=O)ccc1C(C)(C)C. The zero-order valence-electron chi connectivity index (χ0n) is 20.6. The Hall–Kier alpha value is -3.61. The fourth-order valence-corrected chi connectivity index (χ4v) is 4.96. The number of carbonyl (C=O) groups is 5. The van der Waals surface area contributed by atoms with Crippen LogP contribution in [0.2, 0.25) is 0 Å². The molecule has 4 rings (SSSR count). The number of rotatable bonds is 6. The number of hydrogen-bond donors (Lipinski definition) is 1. The summed E-state index contributed by atoms with van der Waals surface area (Å²) in [4.78, 5) is 63.3. The predicted octanol–water partition coefficient (Wildman–Crippen LogP) is 3.44. The van der Waals surface area contributed by atoms with E-state index in [-0.39, 0.29) is 36.6 Å². The summed E-state index contributed by atoms with van der Waals surface area (Å²) in [6.07, 6.45) is 0.965. The summed E-state index contributed by atoms with van der Waals surface area (Å²) in [6, 6.07) is 10.1. The Morgan fingerprint density at radius 1 is 1.06 bits per heavy atom. The van der Waals surface area contributed by atoms with Gasteiger partial charge < -0.3 is 4.90 Å². The molecule has 0 radical (unpaired) electrons. The predicted molar refractivity (Wildman–Crippen MR) is 130 cm³/mol. The Bertz CT molecular complexity index is 1250. The average molecular weight is 475 g/mol. The van der Waals surface area contributed by atoms with Crippen LogP contribution in [0, 0.1) is 6.92 Å². The van der Waals surface area contributed by atoms with Gasteiger partial charge in [-0.25, -0.2) is 0 Å². The zero-order chi connectivity index (χ0) is 25.5. The van der Waals surface area contributed by atoms with Crippen LogP contribution >= 0.6 is 0 Å². The summed E-state index contributed by atoms with van der Waals surface area (Å²) in [5.74, 6) is -1.94. The van der Waals surface area contributed by atoms with E-state index in [4.69, 9.17) is 0 Å². The summed E-state index contributed by atoms with van der Waals surface area (Å²) >= 11 is 0. The second-order valence-electron chi connectivity index (χ2n) is 10.4. The second kappa shape index (κ2) is 9.21. The lowest BCUT2D eigenvalue weighted by molar-refractivity contribution is -0.136. The van der Waals surface area contributed by atoms with Crippen LogP contribution in [0.1, 0.15) is 83.0 Å². The molecule has 3 amide bonds. The third kappa shape index (κ3) is 4.94. The number of carbonyl (C=O) groups excluding carboxylic acids is 5. The smallest absolute Gasteiger partial charge is 0.255 e. The molecule has 2 aliphatic rings. The summed E-state index contributed by atoms with van der Waals surface area (Å²) in [7, 11) is 0. The van der Waals surface area contributed by atoms with Gasteiger partial charge in [-0.1, -0.05) is 45.0 Å². The second-order valence-corrected chi connectivity index (χ2v) is 10.4. The molecule has 1 unspecified atom stereocenters. The lowest BCUT2D eigenvalue weighted by Gasteiger charge is -2.29. The lowest BCUT2D eigenvalue weighted by Crippen LogP contribution is -2.52. The minimum atomic E-state index is -0.664. The monoisotopic (exact) mass is 474 g/mol. The van der Waals surface area contributed by atoms with Gasteiger partial charge >= 0.3 is 0 Å². The molecule has 0 saturated carbocycles. The van der Waals surface area contributed by atoms with E-state index < -0.39 is 23.5 Å². The molecule has 7 heteroatoms. The van der Waals surface area contributed by atoms with Gasteiger partial charge in [-0.05, 0) is 59.6 Å². The molecular weight excluding hydrogens is 444 g/mol. The molecule has 182 valence electrons. The highest BCUT2D eigenvalue weighted by molar-refractivity contribution is 6.43. The number of imide groups is 1. The van der Waals surface area contributed by atoms with E-state index in [9.17, 15) is 24.0 Å². The maximum atomic E-state index is 12.8. The van der Waals surface area contributed by atoms with Crippen LogP contribution in [0.5, 0.6) is 0 Å². The summed E-state index contributed by atoms with van der Waals surface area (Å²) in [6.45, 7) is 8.55. The van der Waals surface area contributed by atoms with Gasteiger partial charge in [-0.15, -0.1) is 0 Å². The molecule has 0 bridgehead atoms. The highest BCUT2D eigenvalue weighted by Gasteiger charge is 2.39. The third-order valence-corrected chi connectivity index (χ3v) is 6.78. The van der Waals surface area contributed by atoms with Gasteiger partial charge in [0.2, 0.25) is 23.4 Å². The molecule has 2 aromatic carbocycles. The Morgan fingerprint density at radius 2 is 1.80 bits per heavy atom. The molecular formula is C28H30N2O5. The standard InChI is InChI=1S/C28H30N2O5/c1-16-13-18(7-9-21(16)28(2,3)4)25(33)23(31)11-6-17-5-8-20-19(14-17)15-30(27(20)35)22-10-12-24(32)29-26(22)34/h5,7-9,13-14,22H,6,10-12,15H2,1-4H3,(H,29,32,34). The number of piperidine rings is 1. The van der Waals surface area contributed by atoms with Gasteiger partial charge in [0.25, 0.3) is 5.91 Å². The van der Waals surface area contributed by atoms with Crippen molar-refractivity contribution in [1.82, 2.24) is 10.2 Å². The van der Waals surface area contributed by atoms with Crippen molar-refractivity contribution in [1.29, 1.82) is 0 Å². The Balaban J connectivity index is 1.40. The molecule has 7 nitrogen and oxygen atoms in total. The number of ketones is 2. The fourth-order valence-electron chi connectivity index (χ4n) is 4.96. The van der Waals surface area contributed by atoms with E-state index in [1.165, 1.54) is 4.90 Å². The third-order valence-electron chi connectivity index (χ3n) is 6.78. The van der Waals surface area contributed by atoms with E-state index in [0.29, 0.717) is 24.0 Å². The van der Waals surface area contributed by atoms with Crippen LogP contribution in [0.15, 0.2) is 36.4 Å². The molecule has 1 fully saturated rings. The number of fused-ring (bicyclic) bond motifs is 1. The average Bonchev–Trinajstić information content (AvgIpc) is 3.11. The number of benzene rings is 2. The first-order valence-electron chi connectivity index (χ1n) is 11.9. The van der Waals surface area contributed by atoms with Crippen molar-refractivity contribution in [3.63, 3.8) is 0 Å². The first kappa shape index (κ1) is 24.5. The molecule has 1 atom stereocenters. The minimum absolute atomic E-state index is 0.0432. The Morgan fingerprint density at radius 3 is 2.46 bits per heavy atom. The van der Waals surface area contributed by atoms with Crippen LogP contribution in [0.4, 0.5) is 0 Å². The molecule has 35 heavy (non-hydrogen) atoms. The van der Waals surface area contributed by atoms with E-state index in [1.54, 1.807) is 24.3 Å². The van der Waals surface area contributed by atoms with Crippen molar-refractivity contribution in [3.8, 4) is 0 Å². The number of hydrogen-bond acceptors (Lipinski definition) is 5. The molecule has 0 aliphatic carbocycles. The topological polar surface area (TPSA) is 101 Å². The molecule has 1 N–H and O–H groups in total. The van der Waals surface area contributed by atoms with E-state index in [0.717, 1.165) is 22.3 Å². The largest absolute Gasteiger partial charge is 0.322 e. The highest BCUT2D eigenvalue weighted by atomic mass is 16.2. The number of Topliss-reactive ketones (excluding diaryl/α,β-unsaturated/α-hetero) is 2. The summed E-state index contributed by atoms with van der Waals surface area (Å²) in [5.41, 5.74) is 4.64. The van der Waals surface area contributed by atoms with Crippen molar-refractivity contribution in [3.05, 3.63) is 69.8 Å². The van der Waals surface area contributed by atoms with Crippen molar-refractivity contribution < 1.29 is 24.0 Å². The summed E-state index contributed by atoms with van der Waals surface area (Å²) in [5, 5.41) is 2.29. The van der Waals surface area contributed by atoms with Crippen molar-refractivity contribution >= 4 is 29.3 Å². The van der Waals surface area contributed by atoms with Crippen molar-refractivity contribution in [2.75, 3.05) is 0 Å². The Kier molecular flexibility index (Phi) is 6.45. The Labute approximate surface area is 204 Å². The quantitative estimate of drug-likeness (QED) is 0.393. The molecule has 2 aromatic rings. The van der Waals surface area contributed by atoms with Crippen LogP contribution in [0.3, 0.4) is 0 Å². The fraction of sp³-hybridized carbons (Fsp3) is 0.393. The molecule has 0 spiro atoms. The number of nitrogens with zero attached hydrogens (tertiary/aromatic N) is 1. The van der Waals surface area contributed by atoms with Gasteiger partial charge in [-0.3, -0.25) is 29.3 Å². The van der Waals surface area contributed by atoms with E-state index in [1.807, 2.05) is 19.1 Å². The minimum Gasteiger partial charge on any atom is -0.322 e. The molecule has 1 saturated heterocycles. The number of nitrogens with one attached hydrogen (secondary N) is 1. The first-order chi connectivity index (χ1) is 16.5.